The van der Waals surface area contributed by atoms with Gasteiger partial charge >= 0.3 is 0 Å². The number of hydrogen-bond donors (Lipinski definition) is 0. The highest BCUT2D eigenvalue weighted by molar-refractivity contribution is 14.1. The van der Waals surface area contributed by atoms with Gasteiger partial charge in [0.15, 0.2) is 0 Å². The fourth-order valence-electron chi connectivity index (χ4n) is 1.28. The first-order chi connectivity index (χ1) is 6.17. The number of allylic oxidation sites excluding steroid dienone is 1. The summed E-state index contributed by atoms with van der Waals surface area (Å²) >= 11 is 2.37. The van der Waals surface area contributed by atoms with Crippen molar-refractivity contribution in [3.05, 3.63) is 45.6 Å². The van der Waals surface area contributed by atoms with E-state index in [1.54, 1.807) is 0 Å². The summed E-state index contributed by atoms with van der Waals surface area (Å²) in [5.74, 6) is 0.458. The number of rotatable bonds is 3. The first kappa shape index (κ1) is 10.8. The molecule has 0 amide bonds. The highest BCUT2D eigenvalue weighted by atomic mass is 127. The van der Waals surface area contributed by atoms with Gasteiger partial charge in [0.25, 0.3) is 0 Å². The number of hydrogen-bond acceptors (Lipinski definition) is 0. The standard InChI is InChI=1S/C12H15I/c1-4-9(3)11-6-10(5-2)7-12(13)8-11/h4,6-9H,1,5H2,2-3H3. The molecule has 0 nitrogen and oxygen atoms in total. The van der Waals surface area contributed by atoms with Gasteiger partial charge in [0.05, 0.1) is 0 Å². The summed E-state index contributed by atoms with van der Waals surface area (Å²) in [5, 5.41) is 0. The van der Waals surface area contributed by atoms with Crippen LogP contribution in [0.5, 0.6) is 0 Å². The summed E-state index contributed by atoms with van der Waals surface area (Å²) in [6, 6.07) is 6.74. The lowest BCUT2D eigenvalue weighted by Gasteiger charge is -2.09. The molecule has 0 aromatic heterocycles. The van der Waals surface area contributed by atoms with Crippen molar-refractivity contribution in [2.24, 2.45) is 0 Å². The normalized spacial score (nSPS) is 12.5. The molecule has 0 aliphatic heterocycles. The molecule has 13 heavy (non-hydrogen) atoms. The Balaban J connectivity index is 3.07. The third-order valence-corrected chi connectivity index (χ3v) is 2.89. The number of benzene rings is 1. The van der Waals surface area contributed by atoms with Crippen molar-refractivity contribution in [2.75, 3.05) is 0 Å². The summed E-state index contributed by atoms with van der Waals surface area (Å²) in [4.78, 5) is 0. The Bertz CT molecular complexity index is 302. The lowest BCUT2D eigenvalue weighted by Crippen LogP contribution is -1.92. The SMILES string of the molecule is C=CC(C)c1cc(I)cc(CC)c1. The summed E-state index contributed by atoms with van der Waals surface area (Å²) < 4.78 is 1.32. The van der Waals surface area contributed by atoms with Crippen molar-refractivity contribution in [2.45, 2.75) is 26.2 Å². The van der Waals surface area contributed by atoms with Gasteiger partial charge in [-0.25, -0.2) is 0 Å². The molecule has 0 N–H and O–H groups in total. The lowest BCUT2D eigenvalue weighted by atomic mass is 9.99. The van der Waals surface area contributed by atoms with Crippen LogP contribution in [0.1, 0.15) is 30.9 Å². The van der Waals surface area contributed by atoms with Gasteiger partial charge in [-0.15, -0.1) is 6.58 Å². The molecule has 1 atom stereocenters. The van der Waals surface area contributed by atoms with Crippen LogP contribution in [0, 0.1) is 3.57 Å². The Morgan fingerprint density at radius 3 is 2.69 bits per heavy atom. The number of aryl methyl sites for hydroxylation is 1. The molecule has 1 aromatic rings. The second-order valence-corrected chi connectivity index (χ2v) is 4.52. The van der Waals surface area contributed by atoms with Crippen LogP contribution in [0.15, 0.2) is 30.9 Å². The van der Waals surface area contributed by atoms with Crippen molar-refractivity contribution in [1.82, 2.24) is 0 Å². The molecule has 0 aliphatic carbocycles. The molecule has 1 rings (SSSR count). The highest BCUT2D eigenvalue weighted by Crippen LogP contribution is 2.21. The fourth-order valence-corrected chi connectivity index (χ4v) is 2.04. The zero-order valence-electron chi connectivity index (χ0n) is 8.18. The van der Waals surface area contributed by atoms with Crippen LogP contribution in [0.2, 0.25) is 0 Å². The quantitative estimate of drug-likeness (QED) is 0.578. The second kappa shape index (κ2) is 4.80. The molecule has 0 spiro atoms. The molecule has 0 fully saturated rings. The molecule has 0 saturated carbocycles. The Labute approximate surface area is 94.2 Å². The van der Waals surface area contributed by atoms with Crippen LogP contribution in [-0.2, 0) is 6.42 Å². The maximum absolute atomic E-state index is 3.82. The number of halogens is 1. The first-order valence-corrected chi connectivity index (χ1v) is 5.67. The van der Waals surface area contributed by atoms with Crippen LogP contribution in [0.25, 0.3) is 0 Å². The molecule has 1 unspecified atom stereocenters. The van der Waals surface area contributed by atoms with Crippen LogP contribution in [0.3, 0.4) is 0 Å². The minimum atomic E-state index is 0.458. The Morgan fingerprint density at radius 2 is 2.15 bits per heavy atom. The van der Waals surface area contributed by atoms with E-state index in [1.165, 1.54) is 14.7 Å². The van der Waals surface area contributed by atoms with E-state index in [0.717, 1.165) is 6.42 Å². The first-order valence-electron chi connectivity index (χ1n) is 4.59. The smallest absolute Gasteiger partial charge is 0.0136 e. The minimum absolute atomic E-state index is 0.458. The molecule has 0 aliphatic rings. The average Bonchev–Trinajstić information content (AvgIpc) is 2.15. The minimum Gasteiger partial charge on any atom is -0.102 e. The Hall–Kier alpha value is -0.310. The summed E-state index contributed by atoms with van der Waals surface area (Å²) in [7, 11) is 0. The van der Waals surface area contributed by atoms with E-state index in [9.17, 15) is 0 Å². The second-order valence-electron chi connectivity index (χ2n) is 3.27. The maximum atomic E-state index is 3.82. The molecule has 0 heterocycles. The van der Waals surface area contributed by atoms with Crippen molar-refractivity contribution in [3.63, 3.8) is 0 Å². The van der Waals surface area contributed by atoms with Gasteiger partial charge in [-0.1, -0.05) is 26.0 Å². The third kappa shape index (κ3) is 2.83. The van der Waals surface area contributed by atoms with E-state index >= 15 is 0 Å². The van der Waals surface area contributed by atoms with E-state index in [0.29, 0.717) is 5.92 Å². The van der Waals surface area contributed by atoms with E-state index < -0.39 is 0 Å². The van der Waals surface area contributed by atoms with Crippen LogP contribution < -0.4 is 0 Å². The Morgan fingerprint density at radius 1 is 1.46 bits per heavy atom. The van der Waals surface area contributed by atoms with Crippen LogP contribution >= 0.6 is 22.6 Å². The van der Waals surface area contributed by atoms with Gasteiger partial charge in [0.2, 0.25) is 0 Å². The molecule has 0 saturated heterocycles. The molecular formula is C12H15I. The lowest BCUT2D eigenvalue weighted by molar-refractivity contribution is 0.959. The van der Waals surface area contributed by atoms with Gasteiger partial charge in [-0.3, -0.25) is 0 Å². The molecular weight excluding hydrogens is 271 g/mol. The predicted molar refractivity (Wildman–Crippen MR) is 67.1 cm³/mol. The highest BCUT2D eigenvalue weighted by Gasteiger charge is 2.03. The van der Waals surface area contributed by atoms with E-state index in [4.69, 9.17) is 0 Å². The van der Waals surface area contributed by atoms with Crippen molar-refractivity contribution in [3.8, 4) is 0 Å². The molecule has 0 radical (unpaired) electrons. The summed E-state index contributed by atoms with van der Waals surface area (Å²) in [6.45, 7) is 8.19. The van der Waals surface area contributed by atoms with E-state index in [-0.39, 0.29) is 0 Å². The molecule has 1 heteroatoms. The van der Waals surface area contributed by atoms with Crippen LogP contribution in [-0.4, -0.2) is 0 Å². The van der Waals surface area contributed by atoms with E-state index in [1.807, 2.05) is 6.08 Å². The monoisotopic (exact) mass is 286 g/mol. The topological polar surface area (TPSA) is 0 Å². The van der Waals surface area contributed by atoms with Gasteiger partial charge in [-0.2, -0.15) is 0 Å². The summed E-state index contributed by atoms with van der Waals surface area (Å²) in [5.41, 5.74) is 2.79. The van der Waals surface area contributed by atoms with Gasteiger partial charge < -0.3 is 0 Å². The van der Waals surface area contributed by atoms with Gasteiger partial charge in [-0.05, 0) is 58.2 Å². The van der Waals surface area contributed by atoms with Crippen molar-refractivity contribution >= 4 is 22.6 Å². The molecule has 0 bridgehead atoms. The van der Waals surface area contributed by atoms with Gasteiger partial charge in [0, 0.05) is 3.57 Å². The van der Waals surface area contributed by atoms with E-state index in [2.05, 4.69) is 61.2 Å². The summed E-state index contributed by atoms with van der Waals surface area (Å²) in [6.07, 6.45) is 3.10. The Kier molecular flexibility index (Phi) is 3.97. The third-order valence-electron chi connectivity index (χ3n) is 2.27. The zero-order chi connectivity index (χ0) is 9.84. The maximum Gasteiger partial charge on any atom is 0.0136 e. The van der Waals surface area contributed by atoms with Gasteiger partial charge in [0.1, 0.15) is 0 Å². The van der Waals surface area contributed by atoms with Crippen molar-refractivity contribution < 1.29 is 0 Å². The zero-order valence-corrected chi connectivity index (χ0v) is 10.3. The van der Waals surface area contributed by atoms with Crippen molar-refractivity contribution in [1.29, 1.82) is 0 Å². The average molecular weight is 286 g/mol. The molecule has 70 valence electrons. The predicted octanol–water partition coefficient (Wildman–Crippen LogP) is 4.14. The fraction of sp³-hybridized carbons (Fsp3) is 0.333. The largest absolute Gasteiger partial charge is 0.102 e. The molecule has 1 aromatic carbocycles. The van der Waals surface area contributed by atoms with Crippen LogP contribution in [0.4, 0.5) is 0 Å².